The Hall–Kier alpha value is -4.35. The standard InChI is InChI=1S/C42H47F2N5O6/c1-4-29-31(43)9-8-24-17-28(50)18-30(33(24)29)36-35(44)37-34(39(45-36)52-3)38(48-13-14-53-22-41(2,51)21-48)47-40(46-37)55-23-42-10-5-7-32(42)49(12-6-11-42)27-15-25-19-54-20-26(25)16-27/h1,8-9,17-18,25-27,32,50-51H,5-7,10-16,19-23H2,2-3H3/t25-,26+,27?,32-,41+,42-/m1/s1. The number of methoxy groups -OCH3 is 1. The molecule has 3 saturated heterocycles. The van der Waals surface area contributed by atoms with Crippen molar-refractivity contribution in [2.24, 2.45) is 17.3 Å². The number of pyridine rings is 1. The van der Waals surface area contributed by atoms with Crippen LogP contribution in [-0.4, -0.2) is 108 Å². The molecule has 2 N–H and O–H groups in total. The van der Waals surface area contributed by atoms with Gasteiger partial charge in [0.15, 0.2) is 5.82 Å². The zero-order valence-corrected chi connectivity index (χ0v) is 31.3. The summed E-state index contributed by atoms with van der Waals surface area (Å²) in [6.07, 6.45) is 13.5. The minimum atomic E-state index is -1.24. The predicted molar refractivity (Wildman–Crippen MR) is 202 cm³/mol. The summed E-state index contributed by atoms with van der Waals surface area (Å²) in [5.74, 6) is 2.27. The van der Waals surface area contributed by atoms with E-state index in [1.165, 1.54) is 44.2 Å². The van der Waals surface area contributed by atoms with E-state index in [0.29, 0.717) is 49.1 Å². The number of piperidine rings is 1. The van der Waals surface area contributed by atoms with Crippen LogP contribution in [0.5, 0.6) is 17.6 Å². The van der Waals surface area contributed by atoms with E-state index in [0.717, 1.165) is 51.9 Å². The van der Waals surface area contributed by atoms with Crippen molar-refractivity contribution in [2.75, 3.05) is 64.7 Å². The molecule has 13 heteroatoms. The molecule has 0 radical (unpaired) electrons. The average molecular weight is 756 g/mol. The topological polar surface area (TPSA) is 123 Å². The van der Waals surface area contributed by atoms with Gasteiger partial charge in [-0.15, -0.1) is 6.42 Å². The van der Waals surface area contributed by atoms with Gasteiger partial charge in [0, 0.05) is 48.2 Å². The van der Waals surface area contributed by atoms with Gasteiger partial charge < -0.3 is 34.1 Å². The number of ether oxygens (including phenoxy) is 4. The molecule has 0 bridgehead atoms. The van der Waals surface area contributed by atoms with Crippen molar-refractivity contribution in [1.82, 2.24) is 19.9 Å². The molecule has 5 heterocycles. The van der Waals surface area contributed by atoms with Crippen molar-refractivity contribution in [3.05, 3.63) is 41.5 Å². The molecule has 0 amide bonds. The molecule has 4 aromatic rings. The number of phenolic OH excluding ortho intramolecular Hbond substituents is 1. The lowest BCUT2D eigenvalue weighted by atomic mass is 9.75. The maximum absolute atomic E-state index is 17.4. The van der Waals surface area contributed by atoms with Gasteiger partial charge in [-0.1, -0.05) is 18.4 Å². The van der Waals surface area contributed by atoms with Crippen LogP contribution in [0.3, 0.4) is 0 Å². The largest absolute Gasteiger partial charge is 0.508 e. The van der Waals surface area contributed by atoms with E-state index in [-0.39, 0.29) is 75.1 Å². The Balaban J connectivity index is 1.15. The van der Waals surface area contributed by atoms with Crippen LogP contribution >= 0.6 is 0 Å². The van der Waals surface area contributed by atoms with Crippen molar-refractivity contribution in [3.8, 4) is 41.2 Å². The van der Waals surface area contributed by atoms with Gasteiger partial charge in [0.05, 0.1) is 39.0 Å². The van der Waals surface area contributed by atoms with Crippen LogP contribution < -0.4 is 14.4 Å². The number of aliphatic hydroxyl groups is 1. The van der Waals surface area contributed by atoms with Gasteiger partial charge >= 0.3 is 6.01 Å². The number of benzene rings is 2. The van der Waals surface area contributed by atoms with Crippen LogP contribution in [-0.2, 0) is 9.47 Å². The number of phenols is 1. The van der Waals surface area contributed by atoms with Crippen molar-refractivity contribution in [2.45, 2.75) is 69.6 Å². The molecule has 1 unspecified atom stereocenters. The Morgan fingerprint density at radius 1 is 1.04 bits per heavy atom. The highest BCUT2D eigenvalue weighted by atomic mass is 19.1. The number of hydrogen-bond donors (Lipinski definition) is 2. The second-order valence-electron chi connectivity index (χ2n) is 16.5. The van der Waals surface area contributed by atoms with Gasteiger partial charge in [0.1, 0.15) is 39.6 Å². The molecule has 2 saturated carbocycles. The molecule has 11 nitrogen and oxygen atoms in total. The molecule has 290 valence electrons. The Bertz CT molecular complexity index is 2180. The zero-order valence-electron chi connectivity index (χ0n) is 31.3. The lowest BCUT2D eigenvalue weighted by molar-refractivity contribution is -0.0247. The van der Waals surface area contributed by atoms with Crippen LogP contribution in [0.1, 0.15) is 57.4 Å². The second kappa shape index (κ2) is 14.0. The van der Waals surface area contributed by atoms with E-state index in [1.807, 2.05) is 4.90 Å². The van der Waals surface area contributed by atoms with Gasteiger partial charge in [0.25, 0.3) is 0 Å². The maximum atomic E-state index is 17.4. The summed E-state index contributed by atoms with van der Waals surface area (Å²) in [7, 11) is 1.41. The van der Waals surface area contributed by atoms with E-state index in [2.05, 4.69) is 15.8 Å². The molecule has 5 fully saturated rings. The van der Waals surface area contributed by atoms with Gasteiger partial charge in [-0.2, -0.15) is 9.97 Å². The number of fused-ring (bicyclic) bond motifs is 4. The summed E-state index contributed by atoms with van der Waals surface area (Å²) in [4.78, 5) is 18.8. The maximum Gasteiger partial charge on any atom is 0.319 e. The number of terminal acetylenes is 1. The van der Waals surface area contributed by atoms with Gasteiger partial charge in [-0.3, -0.25) is 4.90 Å². The fourth-order valence-electron chi connectivity index (χ4n) is 10.5. The van der Waals surface area contributed by atoms with E-state index < -0.39 is 17.2 Å². The molecular formula is C42H47F2N5O6. The minimum Gasteiger partial charge on any atom is -0.508 e. The molecule has 2 aromatic heterocycles. The lowest BCUT2D eigenvalue weighted by Gasteiger charge is -2.48. The minimum absolute atomic E-state index is 0.00276. The lowest BCUT2D eigenvalue weighted by Crippen LogP contribution is -2.55. The number of likely N-dealkylation sites (tertiary alicyclic amines) is 1. The first kappa shape index (κ1) is 36.3. The molecule has 3 aliphatic heterocycles. The van der Waals surface area contributed by atoms with Gasteiger partial charge in [-0.25, -0.2) is 13.8 Å². The highest BCUT2D eigenvalue weighted by Crippen LogP contribution is 2.51. The first-order valence-electron chi connectivity index (χ1n) is 19.5. The quantitative estimate of drug-likeness (QED) is 0.221. The third kappa shape index (κ3) is 6.31. The van der Waals surface area contributed by atoms with Crippen LogP contribution in [0.15, 0.2) is 24.3 Å². The Morgan fingerprint density at radius 2 is 1.84 bits per heavy atom. The number of aromatic nitrogens is 3. The summed E-state index contributed by atoms with van der Waals surface area (Å²) in [5, 5.41) is 22.7. The summed E-state index contributed by atoms with van der Waals surface area (Å²) in [5.41, 5.74) is -1.72. The monoisotopic (exact) mass is 755 g/mol. The third-order valence-electron chi connectivity index (χ3n) is 12.9. The first-order chi connectivity index (χ1) is 26.6. The SMILES string of the molecule is C#Cc1c(F)ccc2cc(O)cc(-c3nc(OC)c4c(N5CCOC[C@@](C)(O)C5)nc(OC[C@]56CCC[C@H]5N(C5C[C@H]7COC[C@H]7C5)CCC6)nc4c3F)c12. The van der Waals surface area contributed by atoms with E-state index in [4.69, 9.17) is 35.3 Å². The molecular weight excluding hydrogens is 708 g/mol. The van der Waals surface area contributed by atoms with Crippen LogP contribution in [0.2, 0.25) is 0 Å². The number of hydrogen-bond acceptors (Lipinski definition) is 11. The fourth-order valence-corrected chi connectivity index (χ4v) is 10.5. The molecule has 6 atom stereocenters. The summed E-state index contributed by atoms with van der Waals surface area (Å²) >= 11 is 0. The predicted octanol–water partition coefficient (Wildman–Crippen LogP) is 5.84. The molecule has 2 aromatic carbocycles. The van der Waals surface area contributed by atoms with Crippen molar-refractivity contribution < 1.29 is 37.9 Å². The zero-order chi connectivity index (χ0) is 38.1. The van der Waals surface area contributed by atoms with Crippen molar-refractivity contribution >= 4 is 27.5 Å². The summed E-state index contributed by atoms with van der Waals surface area (Å²) < 4.78 is 56.4. The summed E-state index contributed by atoms with van der Waals surface area (Å²) in [6, 6.07) is 6.34. The highest BCUT2D eigenvalue weighted by Gasteiger charge is 2.52. The summed E-state index contributed by atoms with van der Waals surface area (Å²) in [6.45, 7) is 5.74. The van der Waals surface area contributed by atoms with E-state index in [9.17, 15) is 10.2 Å². The van der Waals surface area contributed by atoms with Crippen LogP contribution in [0, 0.1) is 41.2 Å². The Labute approximate surface area is 318 Å². The average Bonchev–Trinajstić information content (AvgIpc) is 3.88. The number of nitrogens with zero attached hydrogens (tertiary/aromatic N) is 5. The molecule has 55 heavy (non-hydrogen) atoms. The first-order valence-corrected chi connectivity index (χ1v) is 19.5. The van der Waals surface area contributed by atoms with Crippen molar-refractivity contribution in [1.29, 1.82) is 0 Å². The fraction of sp³-hybridized carbons (Fsp3) is 0.548. The van der Waals surface area contributed by atoms with E-state index >= 15 is 8.78 Å². The number of anilines is 1. The van der Waals surface area contributed by atoms with Gasteiger partial charge in [0.2, 0.25) is 5.88 Å². The Kier molecular flexibility index (Phi) is 9.23. The van der Waals surface area contributed by atoms with Crippen LogP contribution in [0.25, 0.3) is 32.9 Å². The molecule has 2 aliphatic carbocycles. The van der Waals surface area contributed by atoms with Gasteiger partial charge in [-0.05, 0) is 87.4 Å². The number of halogens is 2. The normalized spacial score (nSPS) is 29.6. The second-order valence-corrected chi connectivity index (χ2v) is 16.5. The third-order valence-corrected chi connectivity index (χ3v) is 12.9. The number of aromatic hydroxyl groups is 1. The molecule has 9 rings (SSSR count). The smallest absolute Gasteiger partial charge is 0.319 e. The van der Waals surface area contributed by atoms with Crippen molar-refractivity contribution in [3.63, 3.8) is 0 Å². The van der Waals surface area contributed by atoms with Crippen LogP contribution in [0.4, 0.5) is 14.6 Å². The highest BCUT2D eigenvalue weighted by molar-refractivity contribution is 6.04. The molecule has 5 aliphatic rings. The number of β-amino-alcohol motifs (C(OH)–C–C–N with tert-alkyl or cyclic N) is 1. The Morgan fingerprint density at radius 3 is 2.62 bits per heavy atom. The van der Waals surface area contributed by atoms with E-state index in [1.54, 1.807) is 6.92 Å². The molecule has 0 spiro atoms. The number of rotatable bonds is 7.